The molecule has 1 atom stereocenters. The van der Waals surface area contributed by atoms with Crippen LogP contribution in [0.4, 0.5) is 14.9 Å². The first-order valence-corrected chi connectivity index (χ1v) is 12.9. The number of nitrogens with zero attached hydrogens (tertiary/aromatic N) is 2. The molecule has 2 amide bonds. The van der Waals surface area contributed by atoms with Crippen LogP contribution < -0.4 is 14.8 Å². The van der Waals surface area contributed by atoms with Crippen molar-refractivity contribution in [3.05, 3.63) is 119 Å². The largest absolute Gasteiger partial charge is 0.491 e. The van der Waals surface area contributed by atoms with Gasteiger partial charge in [0.1, 0.15) is 23.1 Å². The Morgan fingerprint density at radius 1 is 0.897 bits per heavy atom. The van der Waals surface area contributed by atoms with Gasteiger partial charge in [-0.1, -0.05) is 35.9 Å². The molecule has 0 radical (unpaired) electrons. The highest BCUT2D eigenvalue weighted by molar-refractivity contribution is 6.30. The summed E-state index contributed by atoms with van der Waals surface area (Å²) in [7, 11) is 0. The summed E-state index contributed by atoms with van der Waals surface area (Å²) in [6.07, 6.45) is 0.101. The van der Waals surface area contributed by atoms with Crippen LogP contribution in [0.25, 0.3) is 0 Å². The van der Waals surface area contributed by atoms with Crippen LogP contribution in [-0.4, -0.2) is 29.4 Å². The third-order valence-corrected chi connectivity index (χ3v) is 6.35. The number of amides is 2. The van der Waals surface area contributed by atoms with Crippen molar-refractivity contribution in [2.75, 3.05) is 11.9 Å². The van der Waals surface area contributed by atoms with E-state index in [0.29, 0.717) is 34.5 Å². The van der Waals surface area contributed by atoms with E-state index in [1.165, 1.54) is 17.1 Å². The molecule has 198 valence electrons. The lowest BCUT2D eigenvalue weighted by Crippen LogP contribution is -2.30. The van der Waals surface area contributed by atoms with E-state index < -0.39 is 0 Å². The Balaban J connectivity index is 1.27. The molecule has 0 bridgehead atoms. The van der Waals surface area contributed by atoms with E-state index in [0.717, 1.165) is 16.9 Å². The average molecular weight is 544 g/mol. The van der Waals surface area contributed by atoms with Gasteiger partial charge >= 0.3 is 6.03 Å². The van der Waals surface area contributed by atoms with Crippen LogP contribution in [0.3, 0.4) is 0 Å². The van der Waals surface area contributed by atoms with Crippen molar-refractivity contribution in [3.8, 4) is 17.2 Å². The zero-order valence-electron chi connectivity index (χ0n) is 21.5. The van der Waals surface area contributed by atoms with Gasteiger partial charge in [-0.25, -0.2) is 14.2 Å². The van der Waals surface area contributed by atoms with Gasteiger partial charge in [-0.2, -0.15) is 5.10 Å². The van der Waals surface area contributed by atoms with Gasteiger partial charge in [0.05, 0.1) is 18.4 Å². The molecule has 1 unspecified atom stereocenters. The van der Waals surface area contributed by atoms with E-state index >= 15 is 0 Å². The monoisotopic (exact) mass is 543 g/mol. The summed E-state index contributed by atoms with van der Waals surface area (Å²) in [5, 5.41) is 9.52. The van der Waals surface area contributed by atoms with Crippen molar-refractivity contribution < 1.29 is 18.7 Å². The van der Waals surface area contributed by atoms with E-state index in [2.05, 4.69) is 10.4 Å². The molecule has 4 aromatic rings. The molecule has 4 aromatic carbocycles. The number of nitrogens with one attached hydrogen (secondary N) is 1. The van der Waals surface area contributed by atoms with Gasteiger partial charge < -0.3 is 14.8 Å². The van der Waals surface area contributed by atoms with Crippen molar-refractivity contribution in [1.29, 1.82) is 0 Å². The Morgan fingerprint density at radius 3 is 2.10 bits per heavy atom. The number of ether oxygens (including phenoxy) is 2. The lowest BCUT2D eigenvalue weighted by atomic mass is 9.90. The standard InChI is InChI=1S/C31H27ClFN3O3/c1-20(2)38-26-15-17-28(18-16-26)39-27-13-11-25(12-14-27)34-31(37)36-19-29(21-5-9-24(33)10-6-21)30(35-36)22-3-7-23(32)8-4-22/h3-18,20,29H,19H2,1-2H3,(H,34,37). The number of rotatable bonds is 7. The molecule has 1 aliphatic rings. The fourth-order valence-corrected chi connectivity index (χ4v) is 4.38. The molecule has 1 N–H and O–H groups in total. The predicted octanol–water partition coefficient (Wildman–Crippen LogP) is 8.09. The number of carbonyl (C=O) groups is 1. The molecule has 0 saturated carbocycles. The zero-order chi connectivity index (χ0) is 27.4. The minimum atomic E-state index is -0.375. The van der Waals surface area contributed by atoms with Crippen molar-refractivity contribution in [1.82, 2.24) is 5.01 Å². The predicted molar refractivity (Wildman–Crippen MR) is 152 cm³/mol. The summed E-state index contributed by atoms with van der Waals surface area (Å²) < 4.78 is 25.1. The van der Waals surface area contributed by atoms with Gasteiger partial charge in [-0.3, -0.25) is 0 Å². The summed E-state index contributed by atoms with van der Waals surface area (Å²) >= 11 is 6.07. The van der Waals surface area contributed by atoms with Crippen LogP contribution in [0, 0.1) is 5.82 Å². The van der Waals surface area contributed by atoms with Gasteiger partial charge in [0.25, 0.3) is 0 Å². The Labute approximate surface area is 231 Å². The van der Waals surface area contributed by atoms with Gasteiger partial charge in [0, 0.05) is 16.6 Å². The van der Waals surface area contributed by atoms with Gasteiger partial charge in [-0.15, -0.1) is 0 Å². The average Bonchev–Trinajstić information content (AvgIpc) is 3.37. The molecular weight excluding hydrogens is 517 g/mol. The number of benzene rings is 4. The Kier molecular flexibility index (Phi) is 7.79. The van der Waals surface area contributed by atoms with Crippen molar-refractivity contribution in [2.24, 2.45) is 5.10 Å². The smallest absolute Gasteiger partial charge is 0.342 e. The maximum absolute atomic E-state index is 13.6. The quantitative estimate of drug-likeness (QED) is 0.256. The lowest BCUT2D eigenvalue weighted by molar-refractivity contribution is 0.218. The topological polar surface area (TPSA) is 63.2 Å². The highest BCUT2D eigenvalue weighted by Gasteiger charge is 2.32. The maximum Gasteiger partial charge on any atom is 0.342 e. The number of anilines is 1. The molecule has 0 spiro atoms. The Morgan fingerprint density at radius 2 is 1.49 bits per heavy atom. The summed E-state index contributed by atoms with van der Waals surface area (Å²) in [5.41, 5.74) is 3.02. The second kappa shape index (κ2) is 11.6. The van der Waals surface area contributed by atoms with Crippen molar-refractivity contribution in [3.63, 3.8) is 0 Å². The van der Waals surface area contributed by atoms with E-state index in [-0.39, 0.29) is 23.9 Å². The number of hydrazone groups is 1. The molecule has 1 aliphatic heterocycles. The first-order chi connectivity index (χ1) is 18.8. The number of carbonyl (C=O) groups excluding carboxylic acids is 1. The molecule has 0 aliphatic carbocycles. The van der Waals surface area contributed by atoms with E-state index in [1.54, 1.807) is 48.5 Å². The molecule has 0 saturated heterocycles. The molecule has 0 aromatic heterocycles. The zero-order valence-corrected chi connectivity index (χ0v) is 22.2. The lowest BCUT2D eigenvalue weighted by Gasteiger charge is -2.16. The summed E-state index contributed by atoms with van der Waals surface area (Å²) in [5.74, 6) is 1.55. The second-order valence-electron chi connectivity index (χ2n) is 9.37. The summed E-state index contributed by atoms with van der Waals surface area (Å²) in [6.45, 7) is 4.26. The van der Waals surface area contributed by atoms with E-state index in [9.17, 15) is 9.18 Å². The number of hydrogen-bond acceptors (Lipinski definition) is 4. The third-order valence-electron chi connectivity index (χ3n) is 6.10. The Bertz CT molecular complexity index is 1460. The van der Waals surface area contributed by atoms with Crippen LogP contribution in [0.15, 0.2) is 102 Å². The molecule has 6 nitrogen and oxygen atoms in total. The Hall–Kier alpha value is -4.36. The molecule has 1 heterocycles. The third kappa shape index (κ3) is 6.56. The van der Waals surface area contributed by atoms with Crippen LogP contribution in [-0.2, 0) is 0 Å². The minimum Gasteiger partial charge on any atom is -0.491 e. The highest BCUT2D eigenvalue weighted by Crippen LogP contribution is 2.31. The van der Waals surface area contributed by atoms with Gasteiger partial charge in [-0.05, 0) is 97.8 Å². The number of hydrogen-bond donors (Lipinski definition) is 1. The van der Waals surface area contributed by atoms with Gasteiger partial charge in [0.15, 0.2) is 0 Å². The van der Waals surface area contributed by atoms with Crippen molar-refractivity contribution >= 4 is 29.0 Å². The normalized spacial score (nSPS) is 14.7. The van der Waals surface area contributed by atoms with Crippen molar-refractivity contribution in [2.45, 2.75) is 25.9 Å². The SMILES string of the molecule is CC(C)Oc1ccc(Oc2ccc(NC(=O)N3CC(c4ccc(F)cc4)C(c4ccc(Cl)cc4)=N3)cc2)cc1. The first kappa shape index (κ1) is 26.3. The molecular formula is C31H27ClFN3O3. The molecule has 8 heteroatoms. The first-order valence-electron chi connectivity index (χ1n) is 12.6. The molecule has 0 fully saturated rings. The molecule has 5 rings (SSSR count). The van der Waals surface area contributed by atoms with E-state index in [4.69, 9.17) is 21.1 Å². The minimum absolute atomic E-state index is 0.101. The summed E-state index contributed by atoms with van der Waals surface area (Å²) in [6, 6.07) is 27.7. The van der Waals surface area contributed by atoms with Gasteiger partial charge in [0.2, 0.25) is 0 Å². The second-order valence-corrected chi connectivity index (χ2v) is 9.81. The summed E-state index contributed by atoms with van der Waals surface area (Å²) in [4.78, 5) is 13.1. The number of urea groups is 1. The van der Waals surface area contributed by atoms with Crippen LogP contribution in [0.2, 0.25) is 5.02 Å². The number of halogens is 2. The van der Waals surface area contributed by atoms with Crippen LogP contribution in [0.1, 0.15) is 30.9 Å². The highest BCUT2D eigenvalue weighted by atomic mass is 35.5. The molecule has 39 heavy (non-hydrogen) atoms. The fourth-order valence-electron chi connectivity index (χ4n) is 4.26. The fraction of sp³-hybridized carbons (Fsp3) is 0.161. The van der Waals surface area contributed by atoms with E-state index in [1.807, 2.05) is 50.2 Å². The van der Waals surface area contributed by atoms with Crippen LogP contribution >= 0.6 is 11.6 Å². The maximum atomic E-state index is 13.6. The van der Waals surface area contributed by atoms with Crippen LogP contribution in [0.5, 0.6) is 17.2 Å².